The van der Waals surface area contributed by atoms with Crippen LogP contribution in [0.25, 0.3) is 0 Å². The first-order valence-corrected chi connectivity index (χ1v) is 11.3. The molecule has 4 nitrogen and oxygen atoms in total. The minimum atomic E-state index is -0.854. The van der Waals surface area contributed by atoms with Gasteiger partial charge in [0, 0.05) is 11.3 Å². The van der Waals surface area contributed by atoms with E-state index in [1.807, 2.05) is 43.3 Å². The third-order valence-electron chi connectivity index (χ3n) is 6.16. The third kappa shape index (κ3) is 6.31. The second-order valence-electron chi connectivity index (χ2n) is 8.19. The summed E-state index contributed by atoms with van der Waals surface area (Å²) >= 11 is 6.54. The summed E-state index contributed by atoms with van der Waals surface area (Å²) in [6, 6.07) is 7.62. The van der Waals surface area contributed by atoms with Crippen molar-refractivity contribution in [2.45, 2.75) is 82.3 Å². The first-order valence-electron chi connectivity index (χ1n) is 10.8. The van der Waals surface area contributed by atoms with Crippen LogP contribution in [0.4, 0.5) is 0 Å². The number of hydrogen-bond donors (Lipinski definition) is 3. The highest BCUT2D eigenvalue weighted by molar-refractivity contribution is 6.21. The average Bonchev–Trinajstić information content (AvgIpc) is 2.98. The molecule has 0 spiro atoms. The molecular formula is C24H35ClO4. The minimum Gasteiger partial charge on any atom is -0.481 e. The van der Waals surface area contributed by atoms with Crippen molar-refractivity contribution in [1.82, 2.24) is 0 Å². The van der Waals surface area contributed by atoms with Crippen LogP contribution in [0, 0.1) is 11.8 Å². The number of unbranched alkanes of at least 4 members (excludes halogenated alkanes) is 2. The van der Waals surface area contributed by atoms with E-state index >= 15 is 0 Å². The summed E-state index contributed by atoms with van der Waals surface area (Å²) in [5.41, 5.74) is 1.76. The Morgan fingerprint density at radius 3 is 2.52 bits per heavy atom. The molecule has 29 heavy (non-hydrogen) atoms. The number of aliphatic hydroxyl groups excluding tert-OH is 2. The number of alkyl halides is 1. The Kier molecular flexibility index (Phi) is 9.67. The summed E-state index contributed by atoms with van der Waals surface area (Å²) in [5.74, 6) is -2.09. The van der Waals surface area contributed by atoms with Crippen molar-refractivity contribution in [3.05, 3.63) is 47.5 Å². The van der Waals surface area contributed by atoms with Gasteiger partial charge in [-0.15, -0.1) is 11.6 Å². The number of aliphatic carboxylic acids is 1. The molecule has 0 heterocycles. The van der Waals surface area contributed by atoms with Gasteiger partial charge in [0.2, 0.25) is 0 Å². The Labute approximate surface area is 179 Å². The maximum Gasteiger partial charge on any atom is 0.306 e. The maximum atomic E-state index is 12.0. The number of carbonyl (C=O) groups is 1. The number of hydrogen-bond acceptors (Lipinski definition) is 3. The van der Waals surface area contributed by atoms with Crippen molar-refractivity contribution in [3.63, 3.8) is 0 Å². The number of carboxylic acid groups (broad SMARTS) is 1. The van der Waals surface area contributed by atoms with E-state index in [0.717, 1.165) is 36.8 Å². The monoisotopic (exact) mass is 422 g/mol. The zero-order valence-corrected chi connectivity index (χ0v) is 18.3. The van der Waals surface area contributed by atoms with Crippen LogP contribution in [0.1, 0.15) is 81.9 Å². The van der Waals surface area contributed by atoms with Crippen LogP contribution in [0.15, 0.2) is 36.4 Å². The lowest BCUT2D eigenvalue weighted by Gasteiger charge is -2.29. The molecule has 0 amide bonds. The van der Waals surface area contributed by atoms with Gasteiger partial charge in [0.25, 0.3) is 0 Å². The van der Waals surface area contributed by atoms with Gasteiger partial charge in [0.15, 0.2) is 0 Å². The molecule has 1 aliphatic rings. The molecule has 0 aromatic heterocycles. The van der Waals surface area contributed by atoms with E-state index in [2.05, 4.69) is 6.92 Å². The van der Waals surface area contributed by atoms with E-state index in [1.165, 1.54) is 0 Å². The summed E-state index contributed by atoms with van der Waals surface area (Å²) in [6.45, 7) is 4.05. The van der Waals surface area contributed by atoms with E-state index in [-0.39, 0.29) is 17.2 Å². The van der Waals surface area contributed by atoms with Crippen molar-refractivity contribution in [2.75, 3.05) is 0 Å². The molecule has 1 aromatic carbocycles. The Morgan fingerprint density at radius 1 is 1.24 bits per heavy atom. The van der Waals surface area contributed by atoms with Crippen molar-refractivity contribution in [1.29, 1.82) is 0 Å². The summed E-state index contributed by atoms with van der Waals surface area (Å²) in [4.78, 5) is 12.0. The Hall–Kier alpha value is -1.36. The molecule has 1 saturated carbocycles. The molecule has 6 atom stereocenters. The highest BCUT2D eigenvalue weighted by atomic mass is 35.5. The summed E-state index contributed by atoms with van der Waals surface area (Å²) in [6.07, 6.45) is 8.25. The van der Waals surface area contributed by atoms with Crippen LogP contribution >= 0.6 is 11.6 Å². The molecule has 1 aromatic rings. The summed E-state index contributed by atoms with van der Waals surface area (Å²) in [5, 5.41) is 30.5. The van der Waals surface area contributed by atoms with Crippen LogP contribution < -0.4 is 0 Å². The fourth-order valence-corrected chi connectivity index (χ4v) is 5.10. The fraction of sp³-hybridized carbons (Fsp3) is 0.625. The van der Waals surface area contributed by atoms with Gasteiger partial charge in [0.1, 0.15) is 0 Å². The van der Waals surface area contributed by atoms with Gasteiger partial charge in [-0.1, -0.05) is 62.6 Å². The molecule has 5 heteroatoms. The number of benzene rings is 1. The number of carboxylic acids is 1. The van der Waals surface area contributed by atoms with Gasteiger partial charge in [-0.3, -0.25) is 4.79 Å². The van der Waals surface area contributed by atoms with Crippen LogP contribution in [0.3, 0.4) is 0 Å². The smallest absolute Gasteiger partial charge is 0.306 e. The van der Waals surface area contributed by atoms with E-state index in [1.54, 1.807) is 0 Å². The lowest BCUT2D eigenvalue weighted by molar-refractivity contribution is -0.144. The number of halogens is 1. The SMILES string of the molecule is C/C=C/CCC(C(=O)O)[C@H]1[C@@H](c2ccc([C@H](O)CCCCC)cc2)[C@H](O)C[C@H]1Cl. The van der Waals surface area contributed by atoms with Crippen molar-refractivity contribution in [2.24, 2.45) is 11.8 Å². The van der Waals surface area contributed by atoms with Crippen LogP contribution in [0.2, 0.25) is 0 Å². The largest absolute Gasteiger partial charge is 0.481 e. The molecular weight excluding hydrogens is 388 g/mol. The van der Waals surface area contributed by atoms with E-state index < -0.39 is 24.1 Å². The van der Waals surface area contributed by atoms with Crippen LogP contribution in [-0.4, -0.2) is 32.8 Å². The van der Waals surface area contributed by atoms with Gasteiger partial charge in [0.05, 0.1) is 18.1 Å². The number of aliphatic hydroxyl groups is 2. The quantitative estimate of drug-likeness (QED) is 0.252. The second kappa shape index (κ2) is 11.7. The molecule has 1 aliphatic carbocycles. The molecule has 0 bridgehead atoms. The topological polar surface area (TPSA) is 77.8 Å². The predicted octanol–water partition coefficient (Wildman–Crippen LogP) is 5.43. The molecule has 1 unspecified atom stereocenters. The van der Waals surface area contributed by atoms with Gasteiger partial charge in [-0.25, -0.2) is 0 Å². The molecule has 162 valence electrons. The molecule has 0 saturated heterocycles. The Balaban J connectivity index is 2.19. The maximum absolute atomic E-state index is 12.0. The van der Waals surface area contributed by atoms with Gasteiger partial charge < -0.3 is 15.3 Å². The fourth-order valence-electron chi connectivity index (χ4n) is 4.58. The van der Waals surface area contributed by atoms with Crippen LogP contribution in [0.5, 0.6) is 0 Å². The summed E-state index contributed by atoms with van der Waals surface area (Å²) in [7, 11) is 0. The Bertz CT molecular complexity index is 657. The normalized spacial score (nSPS) is 26.7. The Morgan fingerprint density at radius 2 is 1.93 bits per heavy atom. The van der Waals surface area contributed by atoms with Gasteiger partial charge >= 0.3 is 5.97 Å². The van der Waals surface area contributed by atoms with Gasteiger partial charge in [-0.2, -0.15) is 0 Å². The summed E-state index contributed by atoms with van der Waals surface area (Å²) < 4.78 is 0. The molecule has 2 rings (SSSR count). The molecule has 3 N–H and O–H groups in total. The predicted molar refractivity (Wildman–Crippen MR) is 117 cm³/mol. The standard InChI is InChI=1S/C24H35ClO4/c1-3-5-7-9-18(24(28)29)23-19(25)15-21(27)22(23)17-13-11-16(12-14-17)20(26)10-8-6-4-2/h3,5,11-14,18-23,26-27H,4,6-10,15H2,1-2H3,(H,28,29)/b5-3+/t18?,19-,20-,21-,22+,23-/m1/s1. The zero-order valence-electron chi connectivity index (χ0n) is 17.5. The van der Waals surface area contributed by atoms with E-state index in [0.29, 0.717) is 19.3 Å². The number of rotatable bonds is 11. The highest BCUT2D eigenvalue weighted by Gasteiger charge is 2.48. The molecule has 0 aliphatic heterocycles. The third-order valence-corrected chi connectivity index (χ3v) is 6.63. The van der Waals surface area contributed by atoms with Crippen molar-refractivity contribution in [3.8, 4) is 0 Å². The van der Waals surface area contributed by atoms with Crippen LogP contribution in [-0.2, 0) is 4.79 Å². The first-order chi connectivity index (χ1) is 13.9. The van der Waals surface area contributed by atoms with E-state index in [9.17, 15) is 20.1 Å². The zero-order chi connectivity index (χ0) is 21.4. The van der Waals surface area contributed by atoms with Crippen molar-refractivity contribution >= 4 is 17.6 Å². The minimum absolute atomic E-state index is 0.310. The first kappa shape index (κ1) is 23.9. The van der Waals surface area contributed by atoms with E-state index in [4.69, 9.17) is 11.6 Å². The highest BCUT2D eigenvalue weighted by Crippen LogP contribution is 2.48. The lowest BCUT2D eigenvalue weighted by atomic mass is 9.77. The average molecular weight is 423 g/mol. The number of allylic oxidation sites excluding steroid dienone is 2. The molecule has 0 radical (unpaired) electrons. The lowest BCUT2D eigenvalue weighted by Crippen LogP contribution is -2.31. The molecule has 1 fully saturated rings. The second-order valence-corrected chi connectivity index (χ2v) is 8.75. The van der Waals surface area contributed by atoms with Crippen molar-refractivity contribution < 1.29 is 20.1 Å². The van der Waals surface area contributed by atoms with Gasteiger partial charge in [-0.05, 0) is 49.7 Å².